The second-order valence-electron chi connectivity index (χ2n) is 10.1. The standard InChI is InChI=1S/C21H28N12O8S2/c22-10-1-4-31(7-10)19(23)25-5-11-6-26-32(29-11)8-13-15(17(35)33(13)43(38,39)40)28-16(34)14(12-9-42-20(24)27-12)30-41-21(2-3-21)18(36)37/h6,9-10,13,15H,1-5,7-8,22H2,(H2,23,25)(H2,24,27)(H,28,34)(H,36,37)(H,38,39,40)/b30-14-/t10-,13?,15-/m0/s1. The van der Waals surface area contributed by atoms with Gasteiger partial charge in [0.25, 0.3) is 11.8 Å². The maximum atomic E-state index is 13.2. The smallest absolute Gasteiger partial charge is 0.362 e. The quantitative estimate of drug-likeness (QED) is 0.0461. The molecule has 0 aromatic carbocycles. The molecule has 0 spiro atoms. The second-order valence-corrected chi connectivity index (χ2v) is 12.3. The van der Waals surface area contributed by atoms with E-state index in [1.807, 2.05) is 4.90 Å². The first-order valence-corrected chi connectivity index (χ1v) is 15.1. The Bertz CT molecular complexity index is 1600. The SMILES string of the molecule is NC(=NCc1cnn(CC2[C@H](NC(=O)/C(=N\OC3(C(=O)O)CC3)c3csc(N)n3)C(=O)N2S(=O)(=O)O)n1)N1CC[C@H](N)C1. The number of nitrogens with two attached hydrogens (primary N) is 3. The Morgan fingerprint density at radius 1 is 1.33 bits per heavy atom. The highest BCUT2D eigenvalue weighted by Gasteiger charge is 2.56. The number of carboxylic acids is 1. The van der Waals surface area contributed by atoms with Gasteiger partial charge in [0.05, 0.1) is 19.3 Å². The van der Waals surface area contributed by atoms with Gasteiger partial charge in [-0.15, -0.1) is 11.3 Å². The molecule has 2 aliphatic heterocycles. The number of hydrogen-bond acceptors (Lipinski definition) is 14. The summed E-state index contributed by atoms with van der Waals surface area (Å²) in [6.45, 7) is 0.945. The van der Waals surface area contributed by atoms with Crippen molar-refractivity contribution >= 4 is 56.2 Å². The molecule has 1 unspecified atom stereocenters. The molecule has 2 amide bonds. The fourth-order valence-corrected chi connectivity index (χ4v) is 5.88. The van der Waals surface area contributed by atoms with E-state index in [9.17, 15) is 32.5 Å². The number of nitrogens with zero attached hydrogens (tertiary/aromatic N) is 8. The van der Waals surface area contributed by atoms with E-state index in [0.29, 0.717) is 18.8 Å². The van der Waals surface area contributed by atoms with Gasteiger partial charge in [-0.05, 0) is 6.42 Å². The van der Waals surface area contributed by atoms with Crippen LogP contribution in [-0.2, 0) is 42.6 Å². The number of guanidine groups is 1. The molecule has 2 aromatic rings. The van der Waals surface area contributed by atoms with Gasteiger partial charge in [-0.2, -0.15) is 23.4 Å². The minimum atomic E-state index is -5.02. The average molecular weight is 641 g/mol. The molecule has 3 aliphatic rings. The molecule has 4 heterocycles. The first-order chi connectivity index (χ1) is 20.3. The highest BCUT2D eigenvalue weighted by molar-refractivity contribution is 7.84. The third-order valence-corrected chi connectivity index (χ3v) is 8.60. The van der Waals surface area contributed by atoms with Gasteiger partial charge in [0, 0.05) is 37.4 Å². The summed E-state index contributed by atoms with van der Waals surface area (Å²) in [5.74, 6) is -3.17. The average Bonchev–Trinajstić information content (AvgIpc) is 3.21. The fraction of sp³-hybridized carbons (Fsp3) is 0.524. The van der Waals surface area contributed by atoms with Gasteiger partial charge >= 0.3 is 16.3 Å². The van der Waals surface area contributed by atoms with Crippen LogP contribution in [0.2, 0.25) is 0 Å². The van der Waals surface area contributed by atoms with Crippen LogP contribution in [0, 0.1) is 0 Å². The number of carbonyl (C=O) groups is 3. The topological polar surface area (TPSA) is 300 Å². The Balaban J connectivity index is 1.31. The van der Waals surface area contributed by atoms with Crippen LogP contribution in [0.4, 0.5) is 5.13 Å². The van der Waals surface area contributed by atoms with Crippen LogP contribution in [0.3, 0.4) is 0 Å². The lowest BCUT2D eigenvalue weighted by Crippen LogP contribution is -2.73. The van der Waals surface area contributed by atoms with E-state index in [2.05, 4.69) is 30.6 Å². The number of aliphatic carboxylic acids is 1. The third kappa shape index (κ3) is 6.35. The van der Waals surface area contributed by atoms with E-state index in [0.717, 1.165) is 22.6 Å². The van der Waals surface area contributed by atoms with E-state index in [1.54, 1.807) is 0 Å². The molecule has 232 valence electrons. The Morgan fingerprint density at radius 2 is 2.07 bits per heavy atom. The van der Waals surface area contributed by atoms with Crippen LogP contribution in [0.25, 0.3) is 0 Å². The molecule has 2 aromatic heterocycles. The molecule has 1 aliphatic carbocycles. The predicted molar refractivity (Wildman–Crippen MR) is 147 cm³/mol. The molecule has 2 saturated heterocycles. The molecular formula is C21H28N12O8S2. The van der Waals surface area contributed by atoms with Crippen LogP contribution >= 0.6 is 11.3 Å². The molecule has 0 bridgehead atoms. The number of nitrogens with one attached hydrogen (secondary N) is 1. The predicted octanol–water partition coefficient (Wildman–Crippen LogP) is -3.30. The zero-order chi connectivity index (χ0) is 31.1. The lowest BCUT2D eigenvalue weighted by atomic mass is 9.98. The number of likely N-dealkylation sites (tertiary alicyclic amines) is 1. The first-order valence-electron chi connectivity index (χ1n) is 12.8. The minimum absolute atomic E-state index is 0.00749. The fourth-order valence-electron chi connectivity index (χ4n) is 4.46. The van der Waals surface area contributed by atoms with E-state index in [4.69, 9.17) is 22.0 Å². The normalized spacial score (nSPS) is 23.7. The van der Waals surface area contributed by atoms with Gasteiger partial charge in [0.2, 0.25) is 5.60 Å². The third-order valence-electron chi connectivity index (χ3n) is 6.98. The number of aromatic nitrogens is 4. The van der Waals surface area contributed by atoms with Crippen LogP contribution in [0.5, 0.6) is 0 Å². The number of oxime groups is 1. The zero-order valence-corrected chi connectivity index (χ0v) is 23.9. The number of aliphatic imine (C=N–C) groups is 1. The number of anilines is 1. The van der Waals surface area contributed by atoms with E-state index < -0.39 is 51.5 Å². The largest absolute Gasteiger partial charge is 0.478 e. The van der Waals surface area contributed by atoms with Crippen molar-refractivity contribution in [3.8, 4) is 0 Å². The van der Waals surface area contributed by atoms with Crippen molar-refractivity contribution in [1.29, 1.82) is 0 Å². The number of β-lactam (4-membered cyclic amide) rings is 1. The Labute approximate surface area is 247 Å². The van der Waals surface area contributed by atoms with Crippen LogP contribution in [-0.4, -0.2) is 114 Å². The molecule has 3 fully saturated rings. The maximum absolute atomic E-state index is 13.2. The lowest BCUT2D eigenvalue weighted by Gasteiger charge is -2.43. The molecule has 3 atom stereocenters. The van der Waals surface area contributed by atoms with Gasteiger partial charge in [-0.3, -0.25) is 14.1 Å². The number of nitrogen functional groups attached to an aromatic ring is 1. The van der Waals surface area contributed by atoms with Crippen LogP contribution in [0.1, 0.15) is 30.7 Å². The van der Waals surface area contributed by atoms with Crippen molar-refractivity contribution in [3.63, 3.8) is 0 Å². The Hall–Kier alpha value is -4.41. The highest BCUT2D eigenvalue weighted by Crippen LogP contribution is 2.40. The van der Waals surface area contributed by atoms with Gasteiger partial charge < -0.3 is 37.4 Å². The van der Waals surface area contributed by atoms with Crippen molar-refractivity contribution in [2.75, 3.05) is 18.8 Å². The molecule has 0 radical (unpaired) electrons. The summed E-state index contributed by atoms with van der Waals surface area (Å²) >= 11 is 0.967. The van der Waals surface area contributed by atoms with Crippen LogP contribution in [0.15, 0.2) is 21.7 Å². The van der Waals surface area contributed by atoms with E-state index >= 15 is 0 Å². The summed E-state index contributed by atoms with van der Waals surface area (Å²) in [5.41, 5.74) is 15.8. The minimum Gasteiger partial charge on any atom is -0.478 e. The monoisotopic (exact) mass is 640 g/mol. The van der Waals surface area contributed by atoms with Gasteiger partial charge in [0.15, 0.2) is 16.8 Å². The first kappa shape index (κ1) is 30.1. The van der Waals surface area contributed by atoms with Crippen LogP contribution < -0.4 is 22.5 Å². The molecule has 1 saturated carbocycles. The number of rotatable bonds is 11. The molecule has 22 heteroatoms. The van der Waals surface area contributed by atoms with E-state index in [1.165, 1.54) is 11.6 Å². The molecule has 20 nitrogen and oxygen atoms in total. The van der Waals surface area contributed by atoms with Gasteiger partial charge in [-0.25, -0.2) is 19.1 Å². The van der Waals surface area contributed by atoms with E-state index in [-0.39, 0.29) is 53.1 Å². The summed E-state index contributed by atoms with van der Waals surface area (Å²) in [6, 6.07) is -2.82. The molecular weight excluding hydrogens is 612 g/mol. The highest BCUT2D eigenvalue weighted by atomic mass is 32.2. The van der Waals surface area contributed by atoms with Crippen molar-refractivity contribution in [2.24, 2.45) is 21.6 Å². The Kier molecular flexibility index (Phi) is 7.93. The number of amides is 2. The maximum Gasteiger partial charge on any atom is 0.362 e. The second kappa shape index (κ2) is 11.3. The van der Waals surface area contributed by atoms with Crippen molar-refractivity contribution in [2.45, 2.75) is 56.1 Å². The zero-order valence-electron chi connectivity index (χ0n) is 22.3. The van der Waals surface area contributed by atoms with Crippen molar-refractivity contribution in [1.82, 2.24) is 34.5 Å². The summed E-state index contributed by atoms with van der Waals surface area (Å²) in [5, 5.41) is 25.1. The summed E-state index contributed by atoms with van der Waals surface area (Å²) in [6.07, 6.45) is 2.48. The van der Waals surface area contributed by atoms with Gasteiger partial charge in [0.1, 0.15) is 23.5 Å². The summed E-state index contributed by atoms with van der Waals surface area (Å²) in [7, 11) is -5.02. The Morgan fingerprint density at radius 3 is 2.65 bits per heavy atom. The number of hydrogen-bond donors (Lipinski definition) is 6. The number of carbonyl (C=O) groups excluding carboxylic acids is 2. The summed E-state index contributed by atoms with van der Waals surface area (Å²) in [4.78, 5) is 53.8. The number of carboxylic acid groups (broad SMARTS) is 1. The summed E-state index contributed by atoms with van der Waals surface area (Å²) < 4.78 is 33.8. The number of thiazole rings is 1. The van der Waals surface area contributed by atoms with Crippen molar-refractivity contribution < 1.29 is 37.3 Å². The molecule has 43 heavy (non-hydrogen) atoms. The van der Waals surface area contributed by atoms with Crippen molar-refractivity contribution in [3.05, 3.63) is 23.0 Å². The lowest BCUT2D eigenvalue weighted by molar-refractivity contribution is -0.153. The molecule has 9 N–H and O–H groups in total. The van der Waals surface area contributed by atoms with Gasteiger partial charge in [-0.1, -0.05) is 5.16 Å². The molecule has 5 rings (SSSR count).